The molecule has 1 aliphatic heterocycles. The molecule has 0 bridgehead atoms. The highest BCUT2D eigenvalue weighted by Crippen LogP contribution is 2.41. The molecule has 0 radical (unpaired) electrons. The Hall–Kier alpha value is -1.73. The number of nitrogens with zero attached hydrogens (tertiary/aromatic N) is 3. The Balaban J connectivity index is 1.41. The summed E-state index contributed by atoms with van der Waals surface area (Å²) in [4.78, 5) is 18.9. The lowest BCUT2D eigenvalue weighted by atomic mass is 9.90. The highest BCUT2D eigenvalue weighted by Gasteiger charge is 2.43. The molecular weight excluding hydrogens is 326 g/mol. The SMILES string of the molecule is COC1(c2nc(C3CC3)no2)CCN(C(=O)Cc2ccsc2)CC1. The van der Waals surface area contributed by atoms with Gasteiger partial charge in [0.2, 0.25) is 5.91 Å². The summed E-state index contributed by atoms with van der Waals surface area (Å²) in [7, 11) is 1.68. The number of rotatable bonds is 5. The Morgan fingerprint density at radius 2 is 2.25 bits per heavy atom. The molecule has 6 nitrogen and oxygen atoms in total. The molecule has 7 heteroatoms. The van der Waals surface area contributed by atoms with Gasteiger partial charge in [-0.05, 0) is 35.2 Å². The van der Waals surface area contributed by atoms with E-state index in [4.69, 9.17) is 9.26 Å². The van der Waals surface area contributed by atoms with Gasteiger partial charge in [-0.3, -0.25) is 4.79 Å². The lowest BCUT2D eigenvalue weighted by Crippen LogP contribution is -2.46. The molecule has 2 aliphatic rings. The second-order valence-corrected chi connectivity index (χ2v) is 7.40. The van der Waals surface area contributed by atoms with E-state index in [9.17, 15) is 4.79 Å². The zero-order valence-electron chi connectivity index (χ0n) is 13.7. The van der Waals surface area contributed by atoms with E-state index in [1.807, 2.05) is 21.7 Å². The lowest BCUT2D eigenvalue weighted by Gasteiger charge is -2.38. The molecule has 1 amide bonds. The topological polar surface area (TPSA) is 68.5 Å². The summed E-state index contributed by atoms with van der Waals surface area (Å²) >= 11 is 1.62. The summed E-state index contributed by atoms with van der Waals surface area (Å²) in [5.41, 5.74) is 0.527. The lowest BCUT2D eigenvalue weighted by molar-refractivity contribution is -0.138. The van der Waals surface area contributed by atoms with E-state index >= 15 is 0 Å². The quantitative estimate of drug-likeness (QED) is 0.832. The number of hydrogen-bond acceptors (Lipinski definition) is 6. The first-order valence-electron chi connectivity index (χ1n) is 8.38. The van der Waals surface area contributed by atoms with Gasteiger partial charge >= 0.3 is 0 Å². The van der Waals surface area contributed by atoms with Crippen molar-refractivity contribution < 1.29 is 14.1 Å². The number of carbonyl (C=O) groups excluding carboxylic acids is 1. The zero-order valence-corrected chi connectivity index (χ0v) is 14.6. The Labute approximate surface area is 144 Å². The molecule has 0 unspecified atom stereocenters. The molecule has 128 valence electrons. The van der Waals surface area contributed by atoms with Crippen molar-refractivity contribution in [3.05, 3.63) is 34.1 Å². The van der Waals surface area contributed by atoms with Crippen LogP contribution in [0.5, 0.6) is 0 Å². The smallest absolute Gasteiger partial charge is 0.259 e. The van der Waals surface area contributed by atoms with Gasteiger partial charge < -0.3 is 14.2 Å². The van der Waals surface area contributed by atoms with Crippen LogP contribution >= 0.6 is 11.3 Å². The monoisotopic (exact) mass is 347 g/mol. The van der Waals surface area contributed by atoms with Crippen LogP contribution in [0.2, 0.25) is 0 Å². The summed E-state index contributed by atoms with van der Waals surface area (Å²) in [5, 5.41) is 8.13. The molecule has 0 aromatic carbocycles. The van der Waals surface area contributed by atoms with E-state index in [-0.39, 0.29) is 5.91 Å². The van der Waals surface area contributed by atoms with Crippen LogP contribution in [0.3, 0.4) is 0 Å². The molecule has 0 atom stereocenters. The first-order chi connectivity index (χ1) is 11.7. The van der Waals surface area contributed by atoms with Crippen molar-refractivity contribution in [2.45, 2.75) is 43.6 Å². The van der Waals surface area contributed by atoms with Crippen LogP contribution in [0.25, 0.3) is 0 Å². The van der Waals surface area contributed by atoms with Crippen molar-refractivity contribution >= 4 is 17.2 Å². The minimum Gasteiger partial charge on any atom is -0.368 e. The van der Waals surface area contributed by atoms with Gasteiger partial charge in [0.05, 0.1) is 6.42 Å². The Bertz CT molecular complexity index is 700. The van der Waals surface area contributed by atoms with Gasteiger partial charge in [-0.25, -0.2) is 0 Å². The fraction of sp³-hybridized carbons (Fsp3) is 0.588. The third kappa shape index (κ3) is 2.98. The fourth-order valence-electron chi connectivity index (χ4n) is 3.23. The fourth-order valence-corrected chi connectivity index (χ4v) is 3.90. The highest BCUT2D eigenvalue weighted by molar-refractivity contribution is 7.07. The number of hydrogen-bond donors (Lipinski definition) is 0. The van der Waals surface area contributed by atoms with Crippen molar-refractivity contribution in [2.24, 2.45) is 0 Å². The van der Waals surface area contributed by atoms with Crippen LogP contribution in [0, 0.1) is 0 Å². The zero-order chi connectivity index (χ0) is 16.6. The average Bonchev–Trinajstić information content (AvgIpc) is 3.11. The molecule has 24 heavy (non-hydrogen) atoms. The number of methoxy groups -OCH3 is 1. The maximum atomic E-state index is 12.4. The molecule has 0 N–H and O–H groups in total. The third-order valence-corrected chi connectivity index (χ3v) is 5.76. The van der Waals surface area contributed by atoms with Gasteiger partial charge in [-0.1, -0.05) is 5.16 Å². The predicted molar refractivity (Wildman–Crippen MR) is 88.8 cm³/mol. The first kappa shape index (κ1) is 15.8. The normalized spacial score (nSPS) is 20.3. The summed E-state index contributed by atoms with van der Waals surface area (Å²) < 4.78 is 11.3. The Kier molecular flexibility index (Phi) is 4.14. The van der Waals surface area contributed by atoms with E-state index < -0.39 is 5.60 Å². The molecule has 2 fully saturated rings. The minimum absolute atomic E-state index is 0.169. The van der Waals surface area contributed by atoms with Crippen LogP contribution in [0.1, 0.15) is 48.9 Å². The number of carbonyl (C=O) groups is 1. The van der Waals surface area contributed by atoms with Crippen LogP contribution < -0.4 is 0 Å². The minimum atomic E-state index is -0.556. The molecule has 1 saturated carbocycles. The number of thiophene rings is 1. The summed E-state index contributed by atoms with van der Waals surface area (Å²) in [6, 6.07) is 2.00. The van der Waals surface area contributed by atoms with Crippen molar-refractivity contribution in [3.8, 4) is 0 Å². The molecule has 4 rings (SSSR count). The van der Waals surface area contributed by atoms with Crippen molar-refractivity contribution in [2.75, 3.05) is 20.2 Å². The van der Waals surface area contributed by atoms with E-state index in [1.165, 1.54) is 0 Å². The summed E-state index contributed by atoms with van der Waals surface area (Å²) in [6.45, 7) is 1.30. The number of ether oxygens (including phenoxy) is 1. The second kappa shape index (κ2) is 6.29. The predicted octanol–water partition coefficient (Wildman–Crippen LogP) is 2.72. The third-order valence-electron chi connectivity index (χ3n) is 5.02. The van der Waals surface area contributed by atoms with Crippen molar-refractivity contribution in [1.82, 2.24) is 15.0 Å². The Morgan fingerprint density at radius 3 is 2.88 bits per heavy atom. The number of piperidine rings is 1. The average molecular weight is 347 g/mol. The van der Waals surface area contributed by atoms with Crippen molar-refractivity contribution in [1.29, 1.82) is 0 Å². The molecule has 3 heterocycles. The second-order valence-electron chi connectivity index (χ2n) is 6.62. The van der Waals surface area contributed by atoms with Gasteiger partial charge in [0.25, 0.3) is 5.89 Å². The van der Waals surface area contributed by atoms with Crippen LogP contribution in [-0.4, -0.2) is 41.1 Å². The highest BCUT2D eigenvalue weighted by atomic mass is 32.1. The molecular formula is C17H21N3O3S. The van der Waals surface area contributed by atoms with Crippen LogP contribution in [0.4, 0.5) is 0 Å². The number of aromatic nitrogens is 2. The van der Waals surface area contributed by atoms with E-state index in [1.54, 1.807) is 18.4 Å². The maximum Gasteiger partial charge on any atom is 0.259 e. The van der Waals surface area contributed by atoms with E-state index in [0.717, 1.165) is 24.2 Å². The van der Waals surface area contributed by atoms with E-state index in [0.29, 0.717) is 44.2 Å². The summed E-state index contributed by atoms with van der Waals surface area (Å²) in [6.07, 6.45) is 4.12. The molecule has 2 aromatic heterocycles. The molecule has 2 aromatic rings. The van der Waals surface area contributed by atoms with Gasteiger partial charge in [0, 0.05) is 39.0 Å². The summed E-state index contributed by atoms with van der Waals surface area (Å²) in [5.74, 6) is 2.00. The first-order valence-corrected chi connectivity index (χ1v) is 9.32. The number of amides is 1. The number of likely N-dealkylation sites (tertiary alicyclic amines) is 1. The van der Waals surface area contributed by atoms with Gasteiger partial charge in [0.1, 0.15) is 5.60 Å². The van der Waals surface area contributed by atoms with Gasteiger partial charge in [-0.15, -0.1) is 0 Å². The molecule has 0 spiro atoms. The van der Waals surface area contributed by atoms with E-state index in [2.05, 4.69) is 10.1 Å². The van der Waals surface area contributed by atoms with Crippen LogP contribution in [-0.2, 0) is 21.6 Å². The Morgan fingerprint density at radius 1 is 1.46 bits per heavy atom. The van der Waals surface area contributed by atoms with Gasteiger partial charge in [-0.2, -0.15) is 16.3 Å². The molecule has 1 saturated heterocycles. The van der Waals surface area contributed by atoms with Crippen molar-refractivity contribution in [3.63, 3.8) is 0 Å². The van der Waals surface area contributed by atoms with Gasteiger partial charge in [0.15, 0.2) is 5.82 Å². The molecule has 1 aliphatic carbocycles. The maximum absolute atomic E-state index is 12.4. The standard InChI is InChI=1S/C17H21N3O3S/c1-22-17(16-18-15(19-23-16)13-2-3-13)5-7-20(8-6-17)14(21)10-12-4-9-24-11-12/h4,9,11,13H,2-3,5-8,10H2,1H3. The largest absolute Gasteiger partial charge is 0.368 e. The van der Waals surface area contributed by atoms with Crippen LogP contribution in [0.15, 0.2) is 21.3 Å².